The van der Waals surface area contributed by atoms with Crippen LogP contribution in [0.3, 0.4) is 0 Å². The summed E-state index contributed by atoms with van der Waals surface area (Å²) in [6.07, 6.45) is 3.39. The van der Waals surface area contributed by atoms with Crippen LogP contribution >= 0.6 is 11.8 Å². The van der Waals surface area contributed by atoms with E-state index in [1.165, 1.54) is 5.56 Å². The van der Waals surface area contributed by atoms with Gasteiger partial charge in [-0.25, -0.2) is 0 Å². The number of hydrogen-bond acceptors (Lipinski definition) is 7. The van der Waals surface area contributed by atoms with Gasteiger partial charge in [-0.1, -0.05) is 35.5 Å². The van der Waals surface area contributed by atoms with E-state index in [9.17, 15) is 4.79 Å². The van der Waals surface area contributed by atoms with E-state index in [4.69, 9.17) is 4.52 Å². The van der Waals surface area contributed by atoms with Gasteiger partial charge in [-0.2, -0.15) is 11.8 Å². The fraction of sp³-hybridized carbons (Fsp3) is 0.364. The molecule has 2 aromatic heterocycles. The number of carbonyl (C=O) groups is 1. The number of aromatic nitrogens is 3. The highest BCUT2D eigenvalue weighted by Crippen LogP contribution is 2.34. The second kappa shape index (κ2) is 8.47. The van der Waals surface area contributed by atoms with Crippen LogP contribution in [-0.4, -0.2) is 34.4 Å². The predicted octanol–water partition coefficient (Wildman–Crippen LogP) is 3.92. The first-order valence-corrected chi connectivity index (χ1v) is 11.4. The molecule has 0 atom stereocenters. The van der Waals surface area contributed by atoms with Gasteiger partial charge >= 0.3 is 0 Å². The molecule has 154 valence electrons. The summed E-state index contributed by atoms with van der Waals surface area (Å²) in [5, 5.41) is 15.2. The molecule has 0 aliphatic carbocycles. The van der Waals surface area contributed by atoms with Crippen LogP contribution in [0.15, 0.2) is 47.0 Å². The summed E-state index contributed by atoms with van der Waals surface area (Å²) in [7, 11) is 0. The zero-order valence-electron chi connectivity index (χ0n) is 16.6. The lowest BCUT2D eigenvalue weighted by atomic mass is 9.90. The number of amides is 1. The molecule has 1 saturated heterocycles. The normalized spacial score (nSPS) is 16.5. The maximum absolute atomic E-state index is 12.5. The average molecular weight is 422 g/mol. The number of piperidine rings is 1. The Morgan fingerprint density at radius 1 is 1.10 bits per heavy atom. The standard InChI is InChI=1S/C22H23N5O2S/c28-21(23-22-17-13-30-14-19(17)26-29-22)18-6-7-20(25-24-18)27-10-8-16(9-11-27)12-15-4-2-1-3-5-15/h1-7,16H,8-14H2,(H,23,28). The highest BCUT2D eigenvalue weighted by molar-refractivity contribution is 7.98. The van der Waals surface area contributed by atoms with Crippen molar-refractivity contribution in [3.63, 3.8) is 0 Å². The van der Waals surface area contributed by atoms with E-state index < -0.39 is 0 Å². The molecule has 3 aromatic rings. The van der Waals surface area contributed by atoms with Crippen molar-refractivity contribution in [3.8, 4) is 0 Å². The van der Waals surface area contributed by atoms with Gasteiger partial charge in [-0.3, -0.25) is 10.1 Å². The Morgan fingerprint density at radius 3 is 2.70 bits per heavy atom. The van der Waals surface area contributed by atoms with Gasteiger partial charge in [0, 0.05) is 24.6 Å². The zero-order chi connectivity index (χ0) is 20.3. The molecule has 1 fully saturated rings. The molecule has 0 radical (unpaired) electrons. The monoisotopic (exact) mass is 421 g/mol. The number of benzene rings is 1. The average Bonchev–Trinajstić information content (AvgIpc) is 3.40. The fourth-order valence-corrected chi connectivity index (χ4v) is 5.07. The number of thioether (sulfide) groups is 1. The number of fused-ring (bicyclic) bond motifs is 1. The van der Waals surface area contributed by atoms with E-state index >= 15 is 0 Å². The van der Waals surface area contributed by atoms with Gasteiger partial charge in [-0.15, -0.1) is 10.2 Å². The molecule has 7 nitrogen and oxygen atoms in total. The molecule has 4 heterocycles. The van der Waals surface area contributed by atoms with E-state index in [1.807, 2.05) is 6.07 Å². The summed E-state index contributed by atoms with van der Waals surface area (Å²) in [6, 6.07) is 14.3. The van der Waals surface area contributed by atoms with E-state index in [0.717, 1.165) is 60.9 Å². The number of hydrogen-bond donors (Lipinski definition) is 1. The highest BCUT2D eigenvalue weighted by Gasteiger charge is 2.24. The minimum Gasteiger partial charge on any atom is -0.355 e. The number of rotatable bonds is 5. The van der Waals surface area contributed by atoms with Crippen LogP contribution in [0.4, 0.5) is 11.7 Å². The van der Waals surface area contributed by atoms with Crippen LogP contribution in [0.1, 0.15) is 40.2 Å². The number of anilines is 2. The summed E-state index contributed by atoms with van der Waals surface area (Å²) in [4.78, 5) is 14.7. The Kier molecular flexibility index (Phi) is 5.40. The summed E-state index contributed by atoms with van der Waals surface area (Å²) in [5.74, 6) is 3.24. The third-order valence-corrected chi connectivity index (χ3v) is 6.74. The SMILES string of the molecule is O=C(Nc1onc2c1CSC2)c1ccc(N2CCC(Cc3ccccc3)CC2)nn1. The minimum absolute atomic E-state index is 0.272. The molecule has 5 rings (SSSR count). The lowest BCUT2D eigenvalue weighted by Gasteiger charge is -2.32. The molecule has 8 heteroatoms. The van der Waals surface area contributed by atoms with Crippen LogP contribution in [0.25, 0.3) is 0 Å². The van der Waals surface area contributed by atoms with Gasteiger partial charge in [0.25, 0.3) is 5.91 Å². The predicted molar refractivity (Wildman–Crippen MR) is 117 cm³/mol. The second-order valence-corrected chi connectivity index (χ2v) is 8.77. The molecule has 0 saturated carbocycles. The van der Waals surface area contributed by atoms with E-state index in [0.29, 0.717) is 11.8 Å². The quantitative estimate of drug-likeness (QED) is 0.668. The molecule has 0 bridgehead atoms. The van der Waals surface area contributed by atoms with Crippen LogP contribution < -0.4 is 10.2 Å². The molecule has 0 spiro atoms. The van der Waals surface area contributed by atoms with E-state index in [-0.39, 0.29) is 11.6 Å². The number of carbonyl (C=O) groups excluding carboxylic acids is 1. The Hall–Kier alpha value is -2.87. The van der Waals surface area contributed by atoms with Crippen molar-refractivity contribution in [2.45, 2.75) is 30.8 Å². The van der Waals surface area contributed by atoms with E-state index in [1.54, 1.807) is 17.8 Å². The van der Waals surface area contributed by atoms with Crippen molar-refractivity contribution in [3.05, 3.63) is 65.0 Å². The van der Waals surface area contributed by atoms with Crippen molar-refractivity contribution in [2.24, 2.45) is 5.92 Å². The largest absolute Gasteiger partial charge is 0.355 e. The first kappa shape index (κ1) is 19.1. The first-order valence-electron chi connectivity index (χ1n) is 10.3. The summed E-state index contributed by atoms with van der Waals surface area (Å²) in [5.41, 5.74) is 3.55. The van der Waals surface area contributed by atoms with Gasteiger partial charge in [-0.05, 0) is 42.9 Å². The molecule has 1 amide bonds. The summed E-state index contributed by atoms with van der Waals surface area (Å²) in [6.45, 7) is 1.92. The molecule has 1 N–H and O–H groups in total. The molecule has 2 aliphatic rings. The van der Waals surface area contributed by atoms with Gasteiger partial charge in [0.2, 0.25) is 5.88 Å². The summed E-state index contributed by atoms with van der Waals surface area (Å²) < 4.78 is 5.25. The molecule has 30 heavy (non-hydrogen) atoms. The Morgan fingerprint density at radius 2 is 1.93 bits per heavy atom. The Labute approximate surface area is 179 Å². The van der Waals surface area contributed by atoms with Crippen molar-refractivity contribution in [1.82, 2.24) is 15.4 Å². The van der Waals surface area contributed by atoms with Crippen LogP contribution in [0.5, 0.6) is 0 Å². The minimum atomic E-state index is -0.327. The number of nitrogens with one attached hydrogen (secondary N) is 1. The van der Waals surface area contributed by atoms with Crippen molar-refractivity contribution in [2.75, 3.05) is 23.3 Å². The topological polar surface area (TPSA) is 84.2 Å². The number of nitrogens with zero attached hydrogens (tertiary/aromatic N) is 4. The Bertz CT molecular complexity index is 1010. The molecular weight excluding hydrogens is 398 g/mol. The smallest absolute Gasteiger partial charge is 0.278 e. The molecule has 2 aliphatic heterocycles. The second-order valence-electron chi connectivity index (χ2n) is 7.78. The van der Waals surface area contributed by atoms with Crippen molar-refractivity contribution < 1.29 is 9.32 Å². The van der Waals surface area contributed by atoms with E-state index in [2.05, 4.69) is 55.9 Å². The highest BCUT2D eigenvalue weighted by atomic mass is 32.2. The van der Waals surface area contributed by atoms with Gasteiger partial charge in [0.1, 0.15) is 0 Å². The fourth-order valence-electron chi connectivity index (χ4n) is 4.05. The van der Waals surface area contributed by atoms with Crippen molar-refractivity contribution >= 4 is 29.4 Å². The Balaban J connectivity index is 1.17. The maximum atomic E-state index is 12.5. The van der Waals surface area contributed by atoms with Crippen LogP contribution in [0.2, 0.25) is 0 Å². The van der Waals surface area contributed by atoms with Crippen LogP contribution in [0, 0.1) is 5.92 Å². The third-order valence-electron chi connectivity index (χ3n) is 5.77. The summed E-state index contributed by atoms with van der Waals surface area (Å²) >= 11 is 1.76. The molecular formula is C22H23N5O2S. The van der Waals surface area contributed by atoms with Crippen LogP contribution in [-0.2, 0) is 17.9 Å². The lowest BCUT2D eigenvalue weighted by molar-refractivity contribution is 0.101. The van der Waals surface area contributed by atoms with Crippen molar-refractivity contribution in [1.29, 1.82) is 0 Å². The third kappa shape index (κ3) is 4.05. The first-order chi connectivity index (χ1) is 14.8. The van der Waals surface area contributed by atoms with Gasteiger partial charge in [0.15, 0.2) is 11.5 Å². The molecule has 0 unspecified atom stereocenters. The zero-order valence-corrected chi connectivity index (χ0v) is 17.4. The maximum Gasteiger partial charge on any atom is 0.278 e. The van der Waals surface area contributed by atoms with Gasteiger partial charge < -0.3 is 9.42 Å². The molecule has 1 aromatic carbocycles. The van der Waals surface area contributed by atoms with Gasteiger partial charge in [0.05, 0.1) is 11.3 Å². The lowest BCUT2D eigenvalue weighted by Crippen LogP contribution is -2.35.